The maximum absolute atomic E-state index is 13.4. The first kappa shape index (κ1) is 30.2. The summed E-state index contributed by atoms with van der Waals surface area (Å²) in [5.74, 6) is -0.857. The van der Waals surface area contributed by atoms with Crippen LogP contribution in [0.4, 0.5) is 0 Å². The van der Waals surface area contributed by atoms with Gasteiger partial charge in [0.25, 0.3) is 0 Å². The average molecular weight is 473 g/mol. The normalized spacial score (nSPS) is 17.3. The van der Waals surface area contributed by atoms with Gasteiger partial charge >= 0.3 is 15.2 Å². The monoisotopic (exact) mass is 472 g/mol. The van der Waals surface area contributed by atoms with Gasteiger partial charge in [-0.3, -0.25) is 19.8 Å². The van der Waals surface area contributed by atoms with Crippen LogP contribution < -0.4 is 10.6 Å². The molecule has 0 aliphatic carbocycles. The van der Waals surface area contributed by atoms with Gasteiger partial charge in [0, 0.05) is 12.1 Å². The van der Waals surface area contributed by atoms with Gasteiger partial charge in [-0.25, -0.2) is 0 Å². The molecule has 0 amide bonds. The van der Waals surface area contributed by atoms with Crippen molar-refractivity contribution in [2.45, 2.75) is 92.9 Å². The molecule has 0 spiro atoms. The molecule has 0 aliphatic rings. The minimum atomic E-state index is -3.33. The van der Waals surface area contributed by atoms with Crippen LogP contribution in [0.5, 0.6) is 0 Å². The molecular weight excluding hydrogens is 426 g/mol. The van der Waals surface area contributed by atoms with Gasteiger partial charge in [0.1, 0.15) is 11.6 Å². The Kier molecular flexibility index (Phi) is 14.5. The predicted molar refractivity (Wildman–Crippen MR) is 124 cm³/mol. The van der Waals surface area contributed by atoms with Crippen molar-refractivity contribution in [1.82, 2.24) is 10.6 Å². The van der Waals surface area contributed by atoms with Crippen LogP contribution in [-0.2, 0) is 27.2 Å². The van der Waals surface area contributed by atoms with Gasteiger partial charge in [-0.05, 0) is 53.4 Å². The van der Waals surface area contributed by atoms with E-state index in [1.54, 1.807) is 0 Å². The molecule has 0 aromatic heterocycles. The van der Waals surface area contributed by atoms with Gasteiger partial charge in [-0.15, -0.1) is 0 Å². The third-order valence-corrected chi connectivity index (χ3v) is 10.1. The van der Waals surface area contributed by atoms with Crippen molar-refractivity contribution in [3.63, 3.8) is 0 Å². The summed E-state index contributed by atoms with van der Waals surface area (Å²) in [6.07, 6.45) is 0. The molecule has 2 N–H and O–H groups in total. The zero-order chi connectivity index (χ0) is 23.5. The van der Waals surface area contributed by atoms with E-state index in [1.807, 2.05) is 69.2 Å². The van der Waals surface area contributed by atoms with Crippen LogP contribution in [-0.4, -0.2) is 50.1 Å². The Morgan fingerprint density at radius 2 is 0.800 bits per heavy atom. The van der Waals surface area contributed by atoms with Crippen LogP contribution in [0.2, 0.25) is 0 Å². The quantitative estimate of drug-likeness (QED) is 0.270. The molecule has 182 valence electrons. The summed E-state index contributed by atoms with van der Waals surface area (Å²) in [5, 5.41) is 6.88. The van der Waals surface area contributed by atoms with Crippen LogP contribution in [0, 0.1) is 11.8 Å². The van der Waals surface area contributed by atoms with Crippen LogP contribution in [0.1, 0.15) is 69.2 Å². The predicted octanol–water partition coefficient (Wildman–Crippen LogP) is 5.44. The smallest absolute Gasteiger partial charge is 0.308 e. The van der Waals surface area contributed by atoms with Crippen LogP contribution >= 0.6 is 15.2 Å². The fourth-order valence-electron chi connectivity index (χ4n) is 3.24. The molecule has 4 unspecified atom stereocenters. The number of hydrogen-bond acceptors (Lipinski definition) is 8. The average Bonchev–Trinajstić information content (AvgIpc) is 2.63. The fourth-order valence-corrected chi connectivity index (χ4v) is 7.77. The molecule has 0 saturated heterocycles. The molecule has 0 aliphatic heterocycles. The van der Waals surface area contributed by atoms with E-state index in [0.717, 1.165) is 0 Å². The molecule has 0 aromatic carbocycles. The fraction of sp³-hybridized carbons (Fsp3) is 1.00. The SMILES string of the molecule is CCOP(=O)(OCC)C(NC(C)C(C)NC(C(C)C)P(=O)(OCC)OCC)C(C)C. The van der Waals surface area contributed by atoms with E-state index in [9.17, 15) is 9.13 Å². The third-order valence-electron chi connectivity index (χ3n) is 4.80. The van der Waals surface area contributed by atoms with Crippen molar-refractivity contribution in [3.8, 4) is 0 Å². The molecule has 0 rings (SSSR count). The van der Waals surface area contributed by atoms with Gasteiger partial charge in [-0.2, -0.15) is 0 Å². The van der Waals surface area contributed by atoms with E-state index in [1.165, 1.54) is 0 Å². The van der Waals surface area contributed by atoms with Gasteiger partial charge in [0.2, 0.25) is 0 Å². The van der Waals surface area contributed by atoms with E-state index in [2.05, 4.69) is 10.6 Å². The van der Waals surface area contributed by atoms with E-state index in [4.69, 9.17) is 18.1 Å². The van der Waals surface area contributed by atoms with Crippen molar-refractivity contribution < 1.29 is 27.2 Å². The maximum atomic E-state index is 13.4. The minimum absolute atomic E-state index is 0.0300. The first-order valence-corrected chi connectivity index (χ1v) is 14.4. The van der Waals surface area contributed by atoms with Crippen molar-refractivity contribution in [1.29, 1.82) is 0 Å². The Morgan fingerprint density at radius 3 is 0.967 bits per heavy atom. The Hall–Kier alpha value is 0.220. The molecule has 0 aromatic rings. The molecule has 0 bridgehead atoms. The summed E-state index contributed by atoms with van der Waals surface area (Å²) >= 11 is 0. The Balaban J connectivity index is 5.54. The molecule has 0 saturated carbocycles. The van der Waals surface area contributed by atoms with Crippen molar-refractivity contribution in [2.75, 3.05) is 26.4 Å². The topological polar surface area (TPSA) is 95.1 Å². The molecule has 0 heterocycles. The minimum Gasteiger partial charge on any atom is -0.308 e. The van der Waals surface area contributed by atoms with Crippen LogP contribution in [0.3, 0.4) is 0 Å². The molecule has 30 heavy (non-hydrogen) atoms. The van der Waals surface area contributed by atoms with Gasteiger partial charge in [0.05, 0.1) is 26.4 Å². The standard InChI is InChI=1S/C20H46N2O6P2/c1-11-25-29(23,26-12-2)19(15(5)6)21-17(9)18(10)22-20(16(7)8)30(24,27-13-3)28-14-4/h15-22H,11-14H2,1-10H3. The summed E-state index contributed by atoms with van der Waals surface area (Å²) in [6, 6.07) is -0.214. The van der Waals surface area contributed by atoms with Crippen molar-refractivity contribution >= 4 is 15.2 Å². The first-order valence-electron chi connectivity index (χ1n) is 11.2. The second-order valence-electron chi connectivity index (χ2n) is 8.04. The van der Waals surface area contributed by atoms with Gasteiger partial charge in [-0.1, -0.05) is 27.7 Å². The molecule has 8 nitrogen and oxygen atoms in total. The first-order chi connectivity index (χ1) is 13.9. The Morgan fingerprint density at radius 1 is 0.567 bits per heavy atom. The largest absolute Gasteiger partial charge is 0.347 e. The van der Waals surface area contributed by atoms with E-state index in [0.29, 0.717) is 26.4 Å². The lowest BCUT2D eigenvalue weighted by molar-refractivity contribution is 0.186. The Bertz CT molecular complexity index is 493. The van der Waals surface area contributed by atoms with E-state index in [-0.39, 0.29) is 23.9 Å². The van der Waals surface area contributed by atoms with Crippen molar-refractivity contribution in [2.24, 2.45) is 11.8 Å². The molecule has 10 heteroatoms. The van der Waals surface area contributed by atoms with Crippen LogP contribution in [0.25, 0.3) is 0 Å². The maximum Gasteiger partial charge on any atom is 0.347 e. The molecule has 0 radical (unpaired) electrons. The highest BCUT2D eigenvalue weighted by Gasteiger charge is 2.41. The zero-order valence-corrected chi connectivity index (χ0v) is 22.4. The number of rotatable bonds is 17. The Labute approximate surface area is 184 Å². The highest BCUT2D eigenvalue weighted by Crippen LogP contribution is 2.55. The lowest BCUT2D eigenvalue weighted by Gasteiger charge is -2.37. The second-order valence-corrected chi connectivity index (χ2v) is 12.3. The summed E-state index contributed by atoms with van der Waals surface area (Å²) in [6.45, 7) is 20.4. The summed E-state index contributed by atoms with van der Waals surface area (Å²) < 4.78 is 49.0. The summed E-state index contributed by atoms with van der Waals surface area (Å²) in [7, 11) is -6.66. The second kappa shape index (κ2) is 14.4. The number of nitrogens with one attached hydrogen (secondary N) is 2. The van der Waals surface area contributed by atoms with Crippen LogP contribution in [0.15, 0.2) is 0 Å². The van der Waals surface area contributed by atoms with E-state index < -0.39 is 26.8 Å². The third kappa shape index (κ3) is 8.99. The molecule has 4 atom stereocenters. The lowest BCUT2D eigenvalue weighted by Crippen LogP contribution is -2.53. The molecular formula is C20H46N2O6P2. The van der Waals surface area contributed by atoms with Gasteiger partial charge in [0.15, 0.2) is 0 Å². The highest BCUT2D eigenvalue weighted by atomic mass is 31.2. The van der Waals surface area contributed by atoms with E-state index >= 15 is 0 Å². The zero-order valence-electron chi connectivity index (χ0n) is 20.6. The lowest BCUT2D eigenvalue weighted by atomic mass is 10.1. The van der Waals surface area contributed by atoms with Crippen molar-refractivity contribution in [3.05, 3.63) is 0 Å². The van der Waals surface area contributed by atoms with Gasteiger partial charge < -0.3 is 18.1 Å². The number of hydrogen-bond donors (Lipinski definition) is 2. The summed E-state index contributed by atoms with van der Waals surface area (Å²) in [5.41, 5.74) is 0. The summed E-state index contributed by atoms with van der Waals surface area (Å²) in [4.78, 5) is 0. The highest BCUT2D eigenvalue weighted by molar-refractivity contribution is 7.54. The molecule has 0 fully saturated rings.